The van der Waals surface area contributed by atoms with Gasteiger partial charge in [-0.15, -0.1) is 0 Å². The van der Waals surface area contributed by atoms with Crippen LogP contribution in [0, 0.1) is 0 Å². The van der Waals surface area contributed by atoms with Crippen LogP contribution in [0.5, 0.6) is 0 Å². The van der Waals surface area contributed by atoms with E-state index in [1.807, 2.05) is 24.3 Å². The Bertz CT molecular complexity index is 798. The van der Waals surface area contributed by atoms with E-state index in [2.05, 4.69) is 58.8 Å². The van der Waals surface area contributed by atoms with Crippen molar-refractivity contribution in [2.24, 2.45) is 4.99 Å². The van der Waals surface area contributed by atoms with Crippen molar-refractivity contribution in [3.05, 3.63) is 102 Å². The van der Waals surface area contributed by atoms with E-state index in [0.29, 0.717) is 0 Å². The van der Waals surface area contributed by atoms with E-state index in [0.717, 1.165) is 11.4 Å². The van der Waals surface area contributed by atoms with Crippen molar-refractivity contribution in [2.75, 3.05) is 0 Å². The van der Waals surface area contributed by atoms with Gasteiger partial charge in [-0.05, 0) is 23.3 Å². The summed E-state index contributed by atoms with van der Waals surface area (Å²) in [5.41, 5.74) is 3.53. The monoisotopic (exact) mass is 299 g/mol. The van der Waals surface area contributed by atoms with Crippen molar-refractivity contribution in [3.8, 4) is 0 Å². The largest absolute Gasteiger partial charge is 0.361 e. The Hall–Kier alpha value is -2.94. The Balaban J connectivity index is 1.75. The number of nitrogens with one attached hydrogen (secondary N) is 1. The second-order valence-electron chi connectivity index (χ2n) is 5.60. The van der Waals surface area contributed by atoms with E-state index in [1.165, 1.54) is 11.1 Å². The molecule has 0 spiro atoms. The van der Waals surface area contributed by atoms with Gasteiger partial charge < -0.3 is 5.32 Å². The molecule has 3 nitrogen and oxygen atoms in total. The fourth-order valence-electron chi connectivity index (χ4n) is 2.99. The van der Waals surface area contributed by atoms with Gasteiger partial charge in [0.15, 0.2) is 0 Å². The summed E-state index contributed by atoms with van der Waals surface area (Å²) in [4.78, 5) is 9.05. The molecule has 23 heavy (non-hydrogen) atoms. The standard InChI is InChI=1S/C20H17N3/c1-3-7-15(8-4-1)18-19(16-9-5-2-6-10-16)23-20(22-18)17-11-13-21-14-12-17/h1-14,18-19H,(H,22,23)/t18-,19+. The molecule has 0 saturated carbocycles. The maximum Gasteiger partial charge on any atom is 0.129 e. The van der Waals surface area contributed by atoms with Crippen LogP contribution in [0.1, 0.15) is 28.8 Å². The molecule has 3 heteroatoms. The first-order valence-electron chi connectivity index (χ1n) is 7.76. The third-order valence-electron chi connectivity index (χ3n) is 4.13. The fourth-order valence-corrected chi connectivity index (χ4v) is 2.99. The first-order chi connectivity index (χ1) is 11.4. The van der Waals surface area contributed by atoms with Gasteiger partial charge in [0.25, 0.3) is 0 Å². The maximum atomic E-state index is 4.96. The van der Waals surface area contributed by atoms with Crippen LogP contribution in [0.25, 0.3) is 0 Å². The molecular weight excluding hydrogens is 282 g/mol. The molecule has 0 fully saturated rings. The highest BCUT2D eigenvalue weighted by molar-refractivity contribution is 6.00. The van der Waals surface area contributed by atoms with E-state index in [1.54, 1.807) is 12.4 Å². The molecule has 1 N–H and O–H groups in total. The molecule has 0 aliphatic carbocycles. The maximum absolute atomic E-state index is 4.96. The summed E-state index contributed by atoms with van der Waals surface area (Å²) in [7, 11) is 0. The van der Waals surface area contributed by atoms with Gasteiger partial charge in [0.05, 0.1) is 6.04 Å². The molecule has 0 amide bonds. The van der Waals surface area contributed by atoms with Crippen LogP contribution in [-0.4, -0.2) is 10.8 Å². The van der Waals surface area contributed by atoms with Crippen molar-refractivity contribution >= 4 is 5.84 Å². The zero-order valence-electron chi connectivity index (χ0n) is 12.6. The highest BCUT2D eigenvalue weighted by Gasteiger charge is 2.31. The predicted molar refractivity (Wildman–Crippen MR) is 92.3 cm³/mol. The number of hydrogen-bond acceptors (Lipinski definition) is 3. The number of pyridine rings is 1. The number of rotatable bonds is 3. The van der Waals surface area contributed by atoms with Crippen LogP contribution < -0.4 is 5.32 Å². The second kappa shape index (κ2) is 6.05. The number of aliphatic imine (C=N–C) groups is 1. The highest BCUT2D eigenvalue weighted by atomic mass is 15.1. The molecule has 0 saturated heterocycles. The van der Waals surface area contributed by atoms with E-state index >= 15 is 0 Å². The summed E-state index contributed by atoms with van der Waals surface area (Å²) in [6, 6.07) is 25.1. The van der Waals surface area contributed by atoms with Crippen molar-refractivity contribution < 1.29 is 0 Å². The minimum atomic E-state index is 0.0711. The summed E-state index contributed by atoms with van der Waals surface area (Å²) in [5.74, 6) is 0.926. The Kier molecular flexibility index (Phi) is 3.60. The van der Waals surface area contributed by atoms with Crippen molar-refractivity contribution in [3.63, 3.8) is 0 Å². The van der Waals surface area contributed by atoms with Crippen molar-refractivity contribution in [1.29, 1.82) is 0 Å². The SMILES string of the molecule is c1ccc([C@H]2N=C(c3ccncc3)N[C@H]2c2ccccc2)cc1. The highest BCUT2D eigenvalue weighted by Crippen LogP contribution is 2.36. The number of aromatic nitrogens is 1. The lowest BCUT2D eigenvalue weighted by molar-refractivity contribution is 0.572. The van der Waals surface area contributed by atoms with E-state index < -0.39 is 0 Å². The Morgan fingerprint density at radius 2 is 1.30 bits per heavy atom. The van der Waals surface area contributed by atoms with Gasteiger partial charge in [-0.1, -0.05) is 60.7 Å². The van der Waals surface area contributed by atoms with Gasteiger partial charge in [0.1, 0.15) is 11.9 Å². The lowest BCUT2D eigenvalue weighted by atomic mass is 9.95. The Morgan fingerprint density at radius 1 is 0.696 bits per heavy atom. The summed E-state index contributed by atoms with van der Waals surface area (Å²) in [6.45, 7) is 0. The van der Waals surface area contributed by atoms with E-state index in [9.17, 15) is 0 Å². The zero-order chi connectivity index (χ0) is 15.5. The van der Waals surface area contributed by atoms with Crippen LogP contribution in [-0.2, 0) is 0 Å². The van der Waals surface area contributed by atoms with E-state index in [4.69, 9.17) is 4.99 Å². The van der Waals surface area contributed by atoms with E-state index in [-0.39, 0.29) is 12.1 Å². The quantitative estimate of drug-likeness (QED) is 0.796. The third-order valence-corrected chi connectivity index (χ3v) is 4.13. The van der Waals surface area contributed by atoms with Gasteiger partial charge in [0.2, 0.25) is 0 Å². The first-order valence-corrected chi connectivity index (χ1v) is 7.76. The average Bonchev–Trinajstić information content (AvgIpc) is 3.09. The molecule has 112 valence electrons. The molecule has 4 rings (SSSR count). The third kappa shape index (κ3) is 2.73. The number of amidine groups is 1. The molecule has 2 heterocycles. The Morgan fingerprint density at radius 3 is 1.96 bits per heavy atom. The van der Waals surface area contributed by atoms with Crippen LogP contribution in [0.2, 0.25) is 0 Å². The average molecular weight is 299 g/mol. The smallest absolute Gasteiger partial charge is 0.129 e. The molecule has 0 radical (unpaired) electrons. The van der Waals surface area contributed by atoms with Gasteiger partial charge in [-0.3, -0.25) is 9.98 Å². The number of hydrogen-bond donors (Lipinski definition) is 1. The normalized spacial score (nSPS) is 19.9. The minimum Gasteiger partial charge on any atom is -0.361 e. The summed E-state index contributed by atoms with van der Waals surface area (Å²) in [6.07, 6.45) is 3.60. The Labute approximate surface area is 135 Å². The minimum absolute atomic E-state index is 0.0711. The second-order valence-corrected chi connectivity index (χ2v) is 5.60. The van der Waals surface area contributed by atoms with Gasteiger partial charge in [-0.25, -0.2) is 0 Å². The van der Waals surface area contributed by atoms with Crippen molar-refractivity contribution in [1.82, 2.24) is 10.3 Å². The topological polar surface area (TPSA) is 37.3 Å². The molecule has 3 aromatic rings. The van der Waals surface area contributed by atoms with Crippen LogP contribution in [0.3, 0.4) is 0 Å². The van der Waals surface area contributed by atoms with Gasteiger partial charge in [-0.2, -0.15) is 0 Å². The van der Waals surface area contributed by atoms with Crippen LogP contribution in [0.15, 0.2) is 90.2 Å². The summed E-state index contributed by atoms with van der Waals surface area (Å²) >= 11 is 0. The number of benzene rings is 2. The molecule has 0 bridgehead atoms. The summed E-state index contributed by atoms with van der Waals surface area (Å²) in [5, 5.41) is 3.59. The van der Waals surface area contributed by atoms with Crippen LogP contribution in [0.4, 0.5) is 0 Å². The molecule has 1 aliphatic rings. The number of nitrogens with zero attached hydrogens (tertiary/aromatic N) is 2. The first kappa shape index (κ1) is 13.7. The predicted octanol–water partition coefficient (Wildman–Crippen LogP) is 3.91. The fraction of sp³-hybridized carbons (Fsp3) is 0.100. The van der Waals surface area contributed by atoms with Gasteiger partial charge >= 0.3 is 0 Å². The molecular formula is C20H17N3. The van der Waals surface area contributed by atoms with Gasteiger partial charge in [0, 0.05) is 18.0 Å². The molecule has 1 aliphatic heterocycles. The van der Waals surface area contributed by atoms with Crippen LogP contribution >= 0.6 is 0 Å². The molecule has 2 atom stereocenters. The molecule has 1 aromatic heterocycles. The molecule has 2 aromatic carbocycles. The zero-order valence-corrected chi connectivity index (χ0v) is 12.6. The molecule has 0 unspecified atom stereocenters. The summed E-state index contributed by atoms with van der Waals surface area (Å²) < 4.78 is 0. The lowest BCUT2D eigenvalue weighted by Gasteiger charge is -2.19. The van der Waals surface area contributed by atoms with Crippen molar-refractivity contribution in [2.45, 2.75) is 12.1 Å². The lowest BCUT2D eigenvalue weighted by Crippen LogP contribution is -2.25.